The number of halogens is 4. The van der Waals surface area contributed by atoms with Gasteiger partial charge in [-0.25, -0.2) is 17.6 Å². The van der Waals surface area contributed by atoms with Gasteiger partial charge >= 0.3 is 12.1 Å². The highest BCUT2D eigenvalue weighted by Gasteiger charge is 2.57. The van der Waals surface area contributed by atoms with Crippen LogP contribution in [0, 0.1) is 5.82 Å². The topological polar surface area (TPSA) is 83.5 Å². The monoisotopic (exact) mass is 501 g/mol. The largest absolute Gasteiger partial charge is 0.490 e. The van der Waals surface area contributed by atoms with Crippen LogP contribution in [0.25, 0.3) is 0 Å². The Kier molecular flexibility index (Phi) is 6.89. The molecule has 1 fully saturated rings. The lowest BCUT2D eigenvalue weighted by molar-refractivity contribution is -0.192. The van der Waals surface area contributed by atoms with Gasteiger partial charge in [-0.1, -0.05) is 45.0 Å². The first-order valence-electron chi connectivity index (χ1n) is 10.8. The maximum Gasteiger partial charge on any atom is 0.490 e. The molecule has 34 heavy (non-hydrogen) atoms. The summed E-state index contributed by atoms with van der Waals surface area (Å²) in [4.78, 5) is 8.97. The van der Waals surface area contributed by atoms with Crippen molar-refractivity contribution in [3.8, 4) is 0 Å². The second-order valence-corrected chi connectivity index (χ2v) is 11.8. The average molecular weight is 502 g/mol. The third-order valence-corrected chi connectivity index (χ3v) is 8.95. The lowest BCUT2D eigenvalue weighted by Gasteiger charge is -2.40. The Hall–Kier alpha value is -2.46. The highest BCUT2D eigenvalue weighted by atomic mass is 32.2. The Labute approximate surface area is 196 Å². The van der Waals surface area contributed by atoms with Crippen LogP contribution in [0.3, 0.4) is 0 Å². The fraction of sp³-hybridized carbons (Fsp3) is 0.458. The number of aliphatic carboxylic acids is 1. The molecule has 0 aromatic heterocycles. The number of hydrogen-bond donors (Lipinski definition) is 2. The molecule has 1 saturated heterocycles. The van der Waals surface area contributed by atoms with Gasteiger partial charge in [-0.15, -0.1) is 0 Å². The predicted molar refractivity (Wildman–Crippen MR) is 119 cm³/mol. The SMILES string of the molecule is CC(C)(C)c1ccc2c(c1)CCC1NCCC21S(=O)(=O)c1cccc(F)c1.O=C(O)C(F)(F)F. The van der Waals surface area contributed by atoms with Gasteiger partial charge in [0.1, 0.15) is 10.6 Å². The van der Waals surface area contributed by atoms with Gasteiger partial charge in [0.15, 0.2) is 9.84 Å². The summed E-state index contributed by atoms with van der Waals surface area (Å²) in [6, 6.07) is 11.5. The van der Waals surface area contributed by atoms with Crippen molar-refractivity contribution in [1.29, 1.82) is 0 Å². The van der Waals surface area contributed by atoms with Gasteiger partial charge in [0, 0.05) is 6.04 Å². The molecule has 1 aliphatic heterocycles. The number of sulfone groups is 1. The van der Waals surface area contributed by atoms with Crippen molar-refractivity contribution in [2.45, 2.75) is 67.3 Å². The third kappa shape index (κ3) is 4.70. The van der Waals surface area contributed by atoms with Crippen LogP contribution >= 0.6 is 0 Å². The molecule has 1 aliphatic carbocycles. The van der Waals surface area contributed by atoms with Crippen LogP contribution in [0.15, 0.2) is 47.4 Å². The van der Waals surface area contributed by atoms with E-state index in [1.807, 2.05) is 6.07 Å². The van der Waals surface area contributed by atoms with E-state index < -0.39 is 32.5 Å². The number of carboxylic acids is 1. The van der Waals surface area contributed by atoms with Gasteiger partial charge in [-0.2, -0.15) is 13.2 Å². The van der Waals surface area contributed by atoms with Crippen molar-refractivity contribution in [1.82, 2.24) is 5.32 Å². The molecule has 2 unspecified atom stereocenters. The van der Waals surface area contributed by atoms with E-state index in [1.54, 1.807) is 0 Å². The first-order chi connectivity index (χ1) is 15.6. The van der Waals surface area contributed by atoms with E-state index in [-0.39, 0.29) is 16.4 Å². The molecule has 2 atom stereocenters. The van der Waals surface area contributed by atoms with Crippen molar-refractivity contribution in [3.63, 3.8) is 0 Å². The van der Waals surface area contributed by atoms with Crippen LogP contribution in [-0.2, 0) is 31.2 Å². The molecule has 0 spiro atoms. The van der Waals surface area contributed by atoms with Crippen LogP contribution in [-0.4, -0.2) is 38.3 Å². The zero-order valence-corrected chi connectivity index (χ0v) is 19.9. The standard InChI is InChI=1S/C22H26FNO2S.C2HF3O2/c1-21(2,3)16-8-9-19-15(13-16)7-10-20-22(19,11-12-24-20)27(25,26)18-6-4-5-17(23)14-18;3-2(4,5)1(6)7/h4-6,8-9,13-14,20,24H,7,10-12H2,1-3H3;(H,6,7). The average Bonchev–Trinajstić information content (AvgIpc) is 3.19. The van der Waals surface area contributed by atoms with Crippen LogP contribution in [0.4, 0.5) is 17.6 Å². The molecular formula is C24H27F4NO4S. The molecule has 5 nitrogen and oxygen atoms in total. The Balaban J connectivity index is 0.000000406. The van der Waals surface area contributed by atoms with E-state index in [2.05, 4.69) is 38.2 Å². The van der Waals surface area contributed by atoms with E-state index >= 15 is 0 Å². The maximum atomic E-state index is 13.8. The highest BCUT2D eigenvalue weighted by Crippen LogP contribution is 2.50. The molecule has 4 rings (SSSR count). The Morgan fingerprint density at radius 1 is 1.12 bits per heavy atom. The minimum absolute atomic E-state index is 0.00833. The second kappa shape index (κ2) is 8.96. The normalized spacial score (nSPS) is 22.3. The Bertz CT molecular complexity index is 1190. The number of nitrogens with one attached hydrogen (secondary N) is 1. The quantitative estimate of drug-likeness (QED) is 0.582. The van der Waals surface area contributed by atoms with Crippen molar-refractivity contribution >= 4 is 15.8 Å². The number of aryl methyl sites for hydroxylation is 1. The predicted octanol–water partition coefficient (Wildman–Crippen LogP) is 4.73. The van der Waals surface area contributed by atoms with Gasteiger partial charge in [0.05, 0.1) is 4.90 Å². The number of alkyl halides is 3. The lowest BCUT2D eigenvalue weighted by Crippen LogP contribution is -2.49. The van der Waals surface area contributed by atoms with E-state index in [1.165, 1.54) is 23.8 Å². The van der Waals surface area contributed by atoms with E-state index in [9.17, 15) is 26.0 Å². The molecule has 0 bridgehead atoms. The molecule has 0 saturated carbocycles. The fourth-order valence-electron chi connectivity index (χ4n) is 4.72. The summed E-state index contributed by atoms with van der Waals surface area (Å²) in [5, 5.41) is 10.5. The molecule has 2 aromatic rings. The van der Waals surface area contributed by atoms with Crippen LogP contribution in [0.2, 0.25) is 0 Å². The van der Waals surface area contributed by atoms with Crippen LogP contribution in [0.5, 0.6) is 0 Å². The summed E-state index contributed by atoms with van der Waals surface area (Å²) in [6.45, 7) is 7.14. The summed E-state index contributed by atoms with van der Waals surface area (Å²) >= 11 is 0. The second-order valence-electron chi connectivity index (χ2n) is 9.57. The van der Waals surface area contributed by atoms with Gasteiger partial charge in [-0.05, 0) is 66.1 Å². The van der Waals surface area contributed by atoms with Gasteiger partial charge in [-0.3, -0.25) is 0 Å². The van der Waals surface area contributed by atoms with Crippen molar-refractivity contribution in [2.75, 3.05) is 6.54 Å². The smallest absolute Gasteiger partial charge is 0.475 e. The number of benzene rings is 2. The molecule has 2 N–H and O–H groups in total. The first kappa shape index (κ1) is 26.2. The van der Waals surface area contributed by atoms with E-state index in [0.717, 1.165) is 30.0 Å². The maximum absolute atomic E-state index is 13.8. The number of hydrogen-bond acceptors (Lipinski definition) is 4. The molecule has 2 aliphatic rings. The number of carboxylic acid groups (broad SMARTS) is 1. The molecule has 2 aromatic carbocycles. The summed E-state index contributed by atoms with van der Waals surface area (Å²) < 4.78 is 72.1. The number of rotatable bonds is 2. The van der Waals surface area contributed by atoms with Crippen molar-refractivity contribution in [2.24, 2.45) is 0 Å². The zero-order chi connectivity index (χ0) is 25.5. The van der Waals surface area contributed by atoms with Crippen LogP contribution < -0.4 is 5.32 Å². The number of fused-ring (bicyclic) bond motifs is 3. The minimum Gasteiger partial charge on any atom is -0.475 e. The molecule has 1 heterocycles. The third-order valence-electron chi connectivity index (χ3n) is 6.41. The van der Waals surface area contributed by atoms with Gasteiger partial charge in [0.25, 0.3) is 0 Å². The summed E-state index contributed by atoms with van der Waals surface area (Å²) in [6.07, 6.45) is -2.94. The Morgan fingerprint density at radius 3 is 2.32 bits per heavy atom. The summed E-state index contributed by atoms with van der Waals surface area (Å²) in [5.41, 5.74) is 3.22. The Morgan fingerprint density at radius 2 is 1.76 bits per heavy atom. The molecule has 0 radical (unpaired) electrons. The van der Waals surface area contributed by atoms with E-state index in [0.29, 0.717) is 13.0 Å². The molecular weight excluding hydrogens is 474 g/mol. The first-order valence-corrected chi connectivity index (χ1v) is 12.3. The van der Waals surface area contributed by atoms with Gasteiger partial charge < -0.3 is 10.4 Å². The highest BCUT2D eigenvalue weighted by molar-refractivity contribution is 7.92. The summed E-state index contributed by atoms with van der Waals surface area (Å²) in [5.74, 6) is -3.28. The molecule has 186 valence electrons. The van der Waals surface area contributed by atoms with Crippen LogP contribution in [0.1, 0.15) is 50.3 Å². The van der Waals surface area contributed by atoms with Gasteiger partial charge in [0.2, 0.25) is 0 Å². The summed E-state index contributed by atoms with van der Waals surface area (Å²) in [7, 11) is -3.75. The molecule has 10 heteroatoms. The minimum atomic E-state index is -5.08. The van der Waals surface area contributed by atoms with Crippen molar-refractivity contribution in [3.05, 3.63) is 65.0 Å². The number of carbonyl (C=O) groups is 1. The molecule has 0 amide bonds. The van der Waals surface area contributed by atoms with Crippen molar-refractivity contribution < 1.29 is 35.9 Å². The lowest BCUT2D eigenvalue weighted by atomic mass is 9.76. The zero-order valence-electron chi connectivity index (χ0n) is 19.0. The van der Waals surface area contributed by atoms with E-state index in [4.69, 9.17) is 9.90 Å². The fourth-order valence-corrected chi connectivity index (χ4v) is 7.10.